The summed E-state index contributed by atoms with van der Waals surface area (Å²) in [6.45, 7) is 5.41. The molecule has 1 aromatic carbocycles. The van der Waals surface area contributed by atoms with Crippen molar-refractivity contribution in [2.45, 2.75) is 6.92 Å². The zero-order valence-corrected chi connectivity index (χ0v) is 14.3. The Balaban J connectivity index is 1.52. The minimum atomic E-state index is -0.00500. The highest BCUT2D eigenvalue weighted by atomic mass is 16.2. The van der Waals surface area contributed by atoms with E-state index in [1.165, 1.54) is 0 Å². The number of benzene rings is 1. The molecule has 0 saturated carbocycles. The van der Waals surface area contributed by atoms with Gasteiger partial charge in [0, 0.05) is 38.1 Å². The largest absolute Gasteiger partial charge is 0.353 e. The highest BCUT2D eigenvalue weighted by molar-refractivity contribution is 5.92. The fourth-order valence-corrected chi connectivity index (χ4v) is 2.98. The van der Waals surface area contributed by atoms with Crippen molar-refractivity contribution in [1.29, 1.82) is 5.26 Å². The number of pyridine rings is 1. The Morgan fingerprint density at radius 3 is 2.76 bits per heavy atom. The lowest BCUT2D eigenvalue weighted by Crippen LogP contribution is -2.49. The second kappa shape index (κ2) is 7.77. The lowest BCUT2D eigenvalue weighted by atomic mass is 10.2. The van der Waals surface area contributed by atoms with Gasteiger partial charge in [0.05, 0.1) is 12.1 Å². The van der Waals surface area contributed by atoms with Gasteiger partial charge in [-0.1, -0.05) is 12.1 Å². The van der Waals surface area contributed by atoms with Gasteiger partial charge >= 0.3 is 0 Å². The number of nitrogens with zero attached hydrogens (tertiary/aromatic N) is 4. The average Bonchev–Trinajstić information content (AvgIpc) is 2.62. The topological polar surface area (TPSA) is 72.3 Å². The van der Waals surface area contributed by atoms with Crippen LogP contribution in [0.4, 0.5) is 11.5 Å². The Kier molecular flexibility index (Phi) is 5.26. The number of nitriles is 1. The predicted octanol–water partition coefficient (Wildman–Crippen LogP) is 2.02. The summed E-state index contributed by atoms with van der Waals surface area (Å²) in [6, 6.07) is 13.5. The molecule has 2 aromatic rings. The van der Waals surface area contributed by atoms with Gasteiger partial charge in [0.25, 0.3) is 0 Å². The van der Waals surface area contributed by atoms with Crippen LogP contribution in [0.3, 0.4) is 0 Å². The molecule has 25 heavy (non-hydrogen) atoms. The van der Waals surface area contributed by atoms with Crippen LogP contribution in [0.1, 0.15) is 11.1 Å². The average molecular weight is 335 g/mol. The first-order valence-corrected chi connectivity index (χ1v) is 8.34. The molecule has 1 aromatic heterocycles. The predicted molar refractivity (Wildman–Crippen MR) is 97.4 cm³/mol. The number of piperazine rings is 1. The summed E-state index contributed by atoms with van der Waals surface area (Å²) in [6.07, 6.45) is 1.71. The monoisotopic (exact) mass is 335 g/mol. The standard InChI is InChI=1S/C19H21N5O/c1-15-4-2-6-17(12-15)22-18(25)14-23-8-10-24(11-9-23)19-16(13-20)5-3-7-21-19/h2-7,12H,8-11,14H2,1H3,(H,22,25). The Bertz CT molecular complexity index is 790. The lowest BCUT2D eigenvalue weighted by Gasteiger charge is -2.35. The molecule has 1 N–H and O–H groups in total. The number of aromatic nitrogens is 1. The molecule has 0 aliphatic carbocycles. The molecule has 3 rings (SSSR count). The SMILES string of the molecule is Cc1cccc(NC(=O)CN2CCN(c3ncccc3C#N)CC2)c1. The third-order valence-electron chi connectivity index (χ3n) is 4.25. The Morgan fingerprint density at radius 2 is 2.04 bits per heavy atom. The van der Waals surface area contributed by atoms with Gasteiger partial charge in [-0.05, 0) is 36.8 Å². The van der Waals surface area contributed by atoms with Crippen LogP contribution in [0, 0.1) is 18.3 Å². The van der Waals surface area contributed by atoms with E-state index in [1.807, 2.05) is 31.2 Å². The van der Waals surface area contributed by atoms with Crippen LogP contribution in [0.15, 0.2) is 42.6 Å². The van der Waals surface area contributed by atoms with E-state index in [-0.39, 0.29) is 5.91 Å². The third-order valence-corrected chi connectivity index (χ3v) is 4.25. The second-order valence-electron chi connectivity index (χ2n) is 6.17. The van der Waals surface area contributed by atoms with E-state index in [4.69, 9.17) is 0 Å². The summed E-state index contributed by atoms with van der Waals surface area (Å²) < 4.78 is 0. The Hall–Kier alpha value is -2.91. The van der Waals surface area contributed by atoms with Crippen molar-refractivity contribution < 1.29 is 4.79 Å². The summed E-state index contributed by atoms with van der Waals surface area (Å²) in [4.78, 5) is 20.8. The molecule has 0 radical (unpaired) electrons. The number of nitrogens with one attached hydrogen (secondary N) is 1. The van der Waals surface area contributed by atoms with Crippen LogP contribution >= 0.6 is 0 Å². The zero-order chi connectivity index (χ0) is 17.6. The summed E-state index contributed by atoms with van der Waals surface area (Å²) in [5.41, 5.74) is 2.54. The summed E-state index contributed by atoms with van der Waals surface area (Å²) >= 11 is 0. The number of amides is 1. The van der Waals surface area contributed by atoms with Gasteiger partial charge < -0.3 is 10.2 Å². The molecule has 6 nitrogen and oxygen atoms in total. The highest BCUT2D eigenvalue weighted by Crippen LogP contribution is 2.18. The second-order valence-corrected chi connectivity index (χ2v) is 6.17. The smallest absolute Gasteiger partial charge is 0.238 e. The van der Waals surface area contributed by atoms with Crippen LogP contribution in [-0.2, 0) is 4.79 Å². The molecule has 6 heteroatoms. The van der Waals surface area contributed by atoms with Gasteiger partial charge in [0.2, 0.25) is 5.91 Å². The van der Waals surface area contributed by atoms with Crippen molar-refractivity contribution in [3.05, 3.63) is 53.7 Å². The maximum absolute atomic E-state index is 12.2. The first-order valence-electron chi connectivity index (χ1n) is 8.34. The first-order chi connectivity index (χ1) is 12.2. The molecule has 1 amide bonds. The molecular formula is C19H21N5O. The summed E-state index contributed by atoms with van der Waals surface area (Å²) in [5.74, 6) is 0.725. The van der Waals surface area contributed by atoms with Crippen LogP contribution < -0.4 is 10.2 Å². The number of rotatable bonds is 4. The van der Waals surface area contributed by atoms with Gasteiger partial charge in [0.1, 0.15) is 11.9 Å². The van der Waals surface area contributed by atoms with Crippen LogP contribution in [-0.4, -0.2) is 48.5 Å². The Morgan fingerprint density at radius 1 is 1.24 bits per heavy atom. The number of hydrogen-bond acceptors (Lipinski definition) is 5. The quantitative estimate of drug-likeness (QED) is 0.925. The van der Waals surface area contributed by atoms with Gasteiger partial charge in [-0.3, -0.25) is 9.69 Å². The summed E-state index contributed by atoms with van der Waals surface area (Å²) in [5, 5.41) is 12.1. The van der Waals surface area contributed by atoms with Crippen LogP contribution in [0.25, 0.3) is 0 Å². The van der Waals surface area contributed by atoms with E-state index in [0.717, 1.165) is 43.2 Å². The van der Waals surface area contributed by atoms with E-state index in [9.17, 15) is 10.1 Å². The molecule has 0 bridgehead atoms. The van der Waals surface area contributed by atoms with Crippen molar-refractivity contribution in [3.8, 4) is 6.07 Å². The van der Waals surface area contributed by atoms with Gasteiger partial charge in [-0.25, -0.2) is 4.98 Å². The van der Waals surface area contributed by atoms with Crippen molar-refractivity contribution >= 4 is 17.4 Å². The van der Waals surface area contributed by atoms with Gasteiger partial charge in [-0.15, -0.1) is 0 Å². The molecule has 0 spiro atoms. The maximum atomic E-state index is 12.2. The van der Waals surface area contributed by atoms with Crippen molar-refractivity contribution in [1.82, 2.24) is 9.88 Å². The van der Waals surface area contributed by atoms with E-state index < -0.39 is 0 Å². The van der Waals surface area contributed by atoms with E-state index >= 15 is 0 Å². The third kappa shape index (κ3) is 4.34. The molecule has 1 aliphatic rings. The Labute approximate surface area is 147 Å². The minimum Gasteiger partial charge on any atom is -0.353 e. The zero-order valence-electron chi connectivity index (χ0n) is 14.3. The molecule has 1 fully saturated rings. The van der Waals surface area contributed by atoms with Crippen LogP contribution in [0.2, 0.25) is 0 Å². The number of hydrogen-bond donors (Lipinski definition) is 1. The molecule has 1 saturated heterocycles. The molecule has 128 valence electrons. The van der Waals surface area contributed by atoms with Gasteiger partial charge in [-0.2, -0.15) is 5.26 Å². The molecule has 0 atom stereocenters. The first kappa shape index (κ1) is 16.9. The number of aryl methyl sites for hydroxylation is 1. The van der Waals surface area contributed by atoms with Crippen LogP contribution in [0.5, 0.6) is 0 Å². The number of anilines is 2. The fraction of sp³-hybridized carbons (Fsp3) is 0.316. The van der Waals surface area contributed by atoms with Gasteiger partial charge in [0.15, 0.2) is 0 Å². The lowest BCUT2D eigenvalue weighted by molar-refractivity contribution is -0.117. The molecule has 1 aliphatic heterocycles. The normalized spacial score (nSPS) is 14.8. The van der Waals surface area contributed by atoms with E-state index in [2.05, 4.69) is 26.2 Å². The van der Waals surface area contributed by atoms with Crippen molar-refractivity contribution in [3.63, 3.8) is 0 Å². The highest BCUT2D eigenvalue weighted by Gasteiger charge is 2.21. The van der Waals surface area contributed by atoms with E-state index in [1.54, 1.807) is 18.3 Å². The fourth-order valence-electron chi connectivity index (χ4n) is 2.98. The summed E-state index contributed by atoms with van der Waals surface area (Å²) in [7, 11) is 0. The number of carbonyl (C=O) groups is 1. The molecule has 2 heterocycles. The molecular weight excluding hydrogens is 314 g/mol. The molecule has 0 unspecified atom stereocenters. The number of carbonyl (C=O) groups excluding carboxylic acids is 1. The van der Waals surface area contributed by atoms with Crippen molar-refractivity contribution in [2.75, 3.05) is 42.9 Å². The minimum absolute atomic E-state index is 0.00500. The van der Waals surface area contributed by atoms with E-state index in [0.29, 0.717) is 12.1 Å². The maximum Gasteiger partial charge on any atom is 0.238 e. The van der Waals surface area contributed by atoms with Crippen molar-refractivity contribution in [2.24, 2.45) is 0 Å².